The molecule has 2 aliphatic heterocycles. The lowest BCUT2D eigenvalue weighted by Gasteiger charge is -2.28. The maximum atomic E-state index is 14.3. The van der Waals surface area contributed by atoms with E-state index in [1.165, 1.54) is 27.8 Å². The highest BCUT2D eigenvalue weighted by Gasteiger charge is 2.35. The molecule has 3 N–H and O–H groups in total. The predicted molar refractivity (Wildman–Crippen MR) is 185 cm³/mol. The first-order valence-corrected chi connectivity index (χ1v) is 18.2. The zero-order valence-electron chi connectivity index (χ0n) is 27.4. The van der Waals surface area contributed by atoms with Crippen molar-refractivity contribution in [1.82, 2.24) is 25.4 Å². The summed E-state index contributed by atoms with van der Waals surface area (Å²) in [7, 11) is 4.13. The number of amides is 4. The van der Waals surface area contributed by atoms with Gasteiger partial charge in [-0.15, -0.1) is 0 Å². The molecule has 0 unspecified atom stereocenters. The number of carbonyl (C=O) groups excluding carboxylic acids is 5. The van der Waals surface area contributed by atoms with Crippen molar-refractivity contribution < 1.29 is 33.1 Å². The number of carbonyl (C=O) groups is 5. The van der Waals surface area contributed by atoms with Gasteiger partial charge in [0.2, 0.25) is 16.9 Å². The second-order valence-corrected chi connectivity index (χ2v) is 15.3. The van der Waals surface area contributed by atoms with Gasteiger partial charge in [-0.3, -0.25) is 19.2 Å². The standard InChI is InChI=1S/C34H40FN5O6S2/c1-34(2,3)32(44)48-47-15-14-46-33(45)37-18-27(41)40-13-5-6-26(40)31(43)39(4)19-20-7-9-21(10-8-20)29-23-11-12-36-30(42)24-16-22(35)17-25(38-29)28(23)24/h7-10,16-17,26,38H,5-6,11-15,18-19H2,1-4H3,(H,36,42)(H,37,45)/t26-/m0/s1. The van der Waals surface area contributed by atoms with Gasteiger partial charge in [0.1, 0.15) is 25.0 Å². The van der Waals surface area contributed by atoms with Crippen LogP contribution in [0.2, 0.25) is 0 Å². The molecule has 0 aliphatic carbocycles. The van der Waals surface area contributed by atoms with Crippen molar-refractivity contribution in [3.63, 3.8) is 0 Å². The molecule has 2 aromatic carbocycles. The monoisotopic (exact) mass is 697 g/mol. The average molecular weight is 698 g/mol. The number of aromatic nitrogens is 1. The summed E-state index contributed by atoms with van der Waals surface area (Å²) in [6.45, 7) is 6.52. The summed E-state index contributed by atoms with van der Waals surface area (Å²) in [6.07, 6.45) is 1.08. The van der Waals surface area contributed by atoms with Crippen LogP contribution in [0.1, 0.15) is 55.1 Å². The number of benzene rings is 2. The van der Waals surface area contributed by atoms with Gasteiger partial charge in [0, 0.05) is 54.4 Å². The molecule has 1 saturated heterocycles. The van der Waals surface area contributed by atoms with E-state index in [4.69, 9.17) is 4.74 Å². The molecule has 1 atom stereocenters. The maximum Gasteiger partial charge on any atom is 0.407 e. The van der Waals surface area contributed by atoms with Crippen molar-refractivity contribution in [2.45, 2.75) is 52.6 Å². The Hall–Kier alpha value is -4.04. The van der Waals surface area contributed by atoms with Gasteiger partial charge in [-0.25, -0.2) is 9.18 Å². The van der Waals surface area contributed by atoms with Crippen molar-refractivity contribution in [2.24, 2.45) is 5.41 Å². The summed E-state index contributed by atoms with van der Waals surface area (Å²) < 4.78 is 19.4. The summed E-state index contributed by atoms with van der Waals surface area (Å²) in [6, 6.07) is 9.76. The van der Waals surface area contributed by atoms with E-state index in [1.807, 2.05) is 45.0 Å². The van der Waals surface area contributed by atoms with Gasteiger partial charge in [0.25, 0.3) is 5.91 Å². The van der Waals surface area contributed by atoms with Crippen LogP contribution >= 0.6 is 21.6 Å². The Morgan fingerprint density at radius 2 is 1.90 bits per heavy atom. The first kappa shape index (κ1) is 35.3. The SMILES string of the molecule is CN(Cc1ccc(-c2[nH]c3cc(F)cc4c3c2CCNC4=O)cc1)C(=O)[C@@H]1CCCN1C(=O)CNC(=O)OCCSSC(=O)C(C)(C)C. The molecule has 2 aliphatic rings. The molecular weight excluding hydrogens is 658 g/mol. The third-order valence-corrected chi connectivity index (χ3v) is 10.8. The van der Waals surface area contributed by atoms with Crippen LogP contribution in [0.15, 0.2) is 36.4 Å². The van der Waals surface area contributed by atoms with Crippen LogP contribution in [0.5, 0.6) is 0 Å². The van der Waals surface area contributed by atoms with Crippen LogP contribution in [0.4, 0.5) is 9.18 Å². The summed E-state index contributed by atoms with van der Waals surface area (Å²) in [5.74, 6) is -0.892. The highest BCUT2D eigenvalue weighted by Crippen LogP contribution is 2.35. The van der Waals surface area contributed by atoms with Gasteiger partial charge in [-0.2, -0.15) is 0 Å². The molecule has 3 aromatic rings. The third-order valence-electron chi connectivity index (χ3n) is 8.30. The summed E-state index contributed by atoms with van der Waals surface area (Å²) >= 11 is 0. The topological polar surface area (TPSA) is 141 Å². The number of ether oxygens (including phenoxy) is 1. The van der Waals surface area contributed by atoms with Crippen molar-refractivity contribution in [3.8, 4) is 11.3 Å². The Morgan fingerprint density at radius 1 is 1.15 bits per heavy atom. The molecule has 1 aromatic heterocycles. The van der Waals surface area contributed by atoms with E-state index in [1.54, 1.807) is 11.9 Å². The zero-order valence-corrected chi connectivity index (χ0v) is 29.1. The molecule has 3 heterocycles. The molecule has 0 bridgehead atoms. The van der Waals surface area contributed by atoms with E-state index in [9.17, 15) is 28.4 Å². The second kappa shape index (κ2) is 15.0. The van der Waals surface area contributed by atoms with Crippen LogP contribution in [0.3, 0.4) is 0 Å². The molecule has 1 fully saturated rings. The largest absolute Gasteiger partial charge is 0.449 e. The van der Waals surface area contributed by atoms with Gasteiger partial charge in [0.15, 0.2) is 0 Å². The molecule has 0 radical (unpaired) electrons. The molecule has 4 amide bonds. The molecule has 256 valence electrons. The number of likely N-dealkylation sites (tertiary alicyclic amines) is 1. The van der Waals surface area contributed by atoms with Crippen molar-refractivity contribution in [1.29, 1.82) is 0 Å². The number of aromatic amines is 1. The smallest absolute Gasteiger partial charge is 0.407 e. The highest BCUT2D eigenvalue weighted by atomic mass is 33.1. The molecule has 0 saturated carbocycles. The van der Waals surface area contributed by atoms with Crippen LogP contribution in [-0.4, -0.2) is 88.8 Å². The van der Waals surface area contributed by atoms with Crippen LogP contribution < -0.4 is 10.6 Å². The lowest BCUT2D eigenvalue weighted by atomic mass is 9.99. The number of H-pyrrole nitrogens is 1. The lowest BCUT2D eigenvalue weighted by Crippen LogP contribution is -2.49. The Balaban J connectivity index is 1.13. The predicted octanol–water partition coefficient (Wildman–Crippen LogP) is 4.89. The molecule has 14 heteroatoms. The molecule has 0 spiro atoms. The number of nitrogens with zero attached hydrogens (tertiary/aromatic N) is 2. The molecule has 5 rings (SSSR count). The fourth-order valence-corrected chi connectivity index (χ4v) is 7.95. The number of hydrogen-bond acceptors (Lipinski definition) is 8. The Bertz CT molecular complexity index is 1720. The van der Waals surface area contributed by atoms with E-state index in [0.717, 1.165) is 38.6 Å². The molecule has 11 nitrogen and oxygen atoms in total. The van der Waals surface area contributed by atoms with Crippen LogP contribution in [0, 0.1) is 11.2 Å². The molecular formula is C34H40FN5O6S2. The number of nitrogens with one attached hydrogen (secondary N) is 3. The lowest BCUT2D eigenvalue weighted by molar-refractivity contribution is -0.142. The minimum absolute atomic E-state index is 0.0401. The zero-order chi connectivity index (χ0) is 34.6. The van der Waals surface area contributed by atoms with E-state index in [0.29, 0.717) is 55.7 Å². The highest BCUT2D eigenvalue weighted by molar-refractivity contribution is 8.82. The van der Waals surface area contributed by atoms with Gasteiger partial charge in [0.05, 0.1) is 5.56 Å². The fourth-order valence-electron chi connectivity index (χ4n) is 5.83. The van der Waals surface area contributed by atoms with E-state index >= 15 is 0 Å². The number of hydrogen-bond donors (Lipinski definition) is 3. The molecule has 48 heavy (non-hydrogen) atoms. The van der Waals surface area contributed by atoms with E-state index < -0.39 is 23.4 Å². The average Bonchev–Trinajstić information content (AvgIpc) is 3.63. The second-order valence-electron chi connectivity index (χ2n) is 12.9. The van der Waals surface area contributed by atoms with Crippen molar-refractivity contribution in [3.05, 3.63) is 58.9 Å². The van der Waals surface area contributed by atoms with Gasteiger partial charge in [-0.1, -0.05) is 55.8 Å². The summed E-state index contributed by atoms with van der Waals surface area (Å²) in [4.78, 5) is 69.4. The third kappa shape index (κ3) is 8.15. The first-order valence-electron chi connectivity index (χ1n) is 15.8. The Labute approximate surface area is 286 Å². The number of halogens is 1. The van der Waals surface area contributed by atoms with Gasteiger partial charge in [-0.05, 0) is 58.9 Å². The van der Waals surface area contributed by atoms with E-state index in [2.05, 4.69) is 15.6 Å². The number of rotatable bonds is 10. The number of likely N-dealkylation sites (N-methyl/N-ethyl adjacent to an activating group) is 1. The minimum Gasteiger partial charge on any atom is -0.449 e. The first-order chi connectivity index (χ1) is 22.8. The summed E-state index contributed by atoms with van der Waals surface area (Å²) in [5.41, 5.74) is 4.00. The maximum absolute atomic E-state index is 14.3. The van der Waals surface area contributed by atoms with Crippen LogP contribution in [-0.2, 0) is 32.1 Å². The minimum atomic E-state index is -0.733. The fraction of sp³-hybridized carbons (Fsp3) is 0.441. The Kier molecular flexibility index (Phi) is 11.0. The number of alkyl carbamates (subject to hydrolysis) is 1. The van der Waals surface area contributed by atoms with Crippen molar-refractivity contribution in [2.75, 3.05) is 39.0 Å². The van der Waals surface area contributed by atoms with Crippen LogP contribution in [0.25, 0.3) is 22.2 Å². The van der Waals surface area contributed by atoms with Gasteiger partial charge >= 0.3 is 6.09 Å². The quantitative estimate of drug-likeness (QED) is 0.201. The Morgan fingerprint density at radius 3 is 2.62 bits per heavy atom. The summed E-state index contributed by atoms with van der Waals surface area (Å²) in [5, 5.41) is 6.07. The van der Waals surface area contributed by atoms with E-state index in [-0.39, 0.29) is 36.0 Å². The van der Waals surface area contributed by atoms with Gasteiger partial charge < -0.3 is 30.2 Å². The normalized spacial score (nSPS) is 16.0. The van der Waals surface area contributed by atoms with Crippen molar-refractivity contribution >= 4 is 61.4 Å².